The summed E-state index contributed by atoms with van der Waals surface area (Å²) in [7, 11) is 0.0499. The molecule has 114 valence electrons. The summed E-state index contributed by atoms with van der Waals surface area (Å²) >= 11 is 0. The SMILES string of the molecule is CN(c1ccc2c(c1)ncn2C)S(=O)(=O)Cc1ccccc1. The maximum atomic E-state index is 12.5. The minimum atomic E-state index is -3.43. The Bertz CT molecular complexity index is 902. The lowest BCUT2D eigenvalue weighted by Crippen LogP contribution is -2.27. The molecular weight excluding hydrogens is 298 g/mol. The molecule has 0 bridgehead atoms. The molecule has 0 fully saturated rings. The maximum Gasteiger partial charge on any atom is 0.239 e. The predicted molar refractivity (Wildman–Crippen MR) is 88.2 cm³/mol. The van der Waals surface area contributed by atoms with Gasteiger partial charge in [0.05, 0.1) is 28.8 Å². The summed E-state index contributed by atoms with van der Waals surface area (Å²) in [6, 6.07) is 14.6. The van der Waals surface area contributed by atoms with Gasteiger partial charge in [-0.05, 0) is 23.8 Å². The normalized spacial score (nSPS) is 11.7. The van der Waals surface area contributed by atoms with Gasteiger partial charge in [0.15, 0.2) is 0 Å². The summed E-state index contributed by atoms with van der Waals surface area (Å²) in [5.74, 6) is -0.0232. The molecule has 0 spiro atoms. The highest BCUT2D eigenvalue weighted by Crippen LogP contribution is 2.23. The summed E-state index contributed by atoms with van der Waals surface area (Å²) in [5.41, 5.74) is 3.13. The molecule has 1 heterocycles. The topological polar surface area (TPSA) is 55.2 Å². The van der Waals surface area contributed by atoms with Crippen LogP contribution < -0.4 is 4.31 Å². The van der Waals surface area contributed by atoms with Crippen molar-refractivity contribution in [2.45, 2.75) is 5.75 Å². The van der Waals surface area contributed by atoms with E-state index in [0.29, 0.717) is 5.69 Å². The number of fused-ring (bicyclic) bond motifs is 1. The van der Waals surface area contributed by atoms with E-state index in [1.807, 2.05) is 48.0 Å². The zero-order chi connectivity index (χ0) is 15.7. The highest BCUT2D eigenvalue weighted by atomic mass is 32.2. The zero-order valence-corrected chi connectivity index (χ0v) is 13.3. The molecule has 0 aliphatic carbocycles. The second kappa shape index (κ2) is 5.46. The third-order valence-electron chi connectivity index (χ3n) is 3.68. The van der Waals surface area contributed by atoms with Crippen molar-refractivity contribution in [3.8, 4) is 0 Å². The fraction of sp³-hybridized carbons (Fsp3) is 0.188. The van der Waals surface area contributed by atoms with Gasteiger partial charge in [-0.3, -0.25) is 4.31 Å². The largest absolute Gasteiger partial charge is 0.334 e. The molecule has 0 N–H and O–H groups in total. The first-order chi connectivity index (χ1) is 10.5. The van der Waals surface area contributed by atoms with Crippen LogP contribution in [-0.4, -0.2) is 25.0 Å². The smallest absolute Gasteiger partial charge is 0.239 e. The van der Waals surface area contributed by atoms with Crippen LogP contribution in [0.15, 0.2) is 54.9 Å². The average molecular weight is 315 g/mol. The number of benzene rings is 2. The molecule has 6 heteroatoms. The third-order valence-corrected chi connectivity index (χ3v) is 5.43. The third kappa shape index (κ3) is 2.69. The monoisotopic (exact) mass is 315 g/mol. The highest BCUT2D eigenvalue weighted by Gasteiger charge is 2.19. The molecule has 0 radical (unpaired) electrons. The van der Waals surface area contributed by atoms with Gasteiger partial charge in [0, 0.05) is 14.1 Å². The summed E-state index contributed by atoms with van der Waals surface area (Å²) in [5, 5.41) is 0. The zero-order valence-electron chi connectivity index (χ0n) is 12.5. The Morgan fingerprint density at radius 3 is 2.59 bits per heavy atom. The van der Waals surface area contributed by atoms with Crippen LogP contribution in [0, 0.1) is 0 Å². The Hall–Kier alpha value is -2.34. The molecule has 3 aromatic rings. The molecule has 0 saturated heterocycles. The maximum absolute atomic E-state index is 12.5. The summed E-state index contributed by atoms with van der Waals surface area (Å²) in [4.78, 5) is 4.27. The van der Waals surface area contributed by atoms with Crippen molar-refractivity contribution in [1.29, 1.82) is 0 Å². The fourth-order valence-corrected chi connectivity index (χ4v) is 3.60. The number of rotatable bonds is 4. The second-order valence-electron chi connectivity index (χ2n) is 5.24. The molecule has 2 aromatic carbocycles. The number of aromatic nitrogens is 2. The van der Waals surface area contributed by atoms with Crippen LogP contribution in [0.4, 0.5) is 5.69 Å². The van der Waals surface area contributed by atoms with E-state index in [0.717, 1.165) is 16.6 Å². The lowest BCUT2D eigenvalue weighted by atomic mass is 10.2. The van der Waals surface area contributed by atoms with Gasteiger partial charge in [0.25, 0.3) is 0 Å². The number of imidazole rings is 1. The average Bonchev–Trinajstić information content (AvgIpc) is 2.88. The van der Waals surface area contributed by atoms with E-state index in [9.17, 15) is 8.42 Å². The van der Waals surface area contributed by atoms with Crippen LogP contribution in [0.5, 0.6) is 0 Å². The molecule has 3 rings (SSSR count). The quantitative estimate of drug-likeness (QED) is 0.743. The van der Waals surface area contributed by atoms with E-state index in [4.69, 9.17) is 0 Å². The Labute approximate surface area is 129 Å². The summed E-state index contributed by atoms with van der Waals surface area (Å²) in [6.07, 6.45) is 1.72. The van der Waals surface area contributed by atoms with Crippen LogP contribution >= 0.6 is 0 Å². The first-order valence-corrected chi connectivity index (χ1v) is 8.50. The van der Waals surface area contributed by atoms with Crippen molar-refractivity contribution in [2.24, 2.45) is 7.05 Å². The van der Waals surface area contributed by atoms with E-state index in [1.165, 1.54) is 4.31 Å². The van der Waals surface area contributed by atoms with E-state index in [-0.39, 0.29) is 5.75 Å². The van der Waals surface area contributed by atoms with E-state index in [1.54, 1.807) is 25.5 Å². The van der Waals surface area contributed by atoms with Crippen LogP contribution in [0.1, 0.15) is 5.56 Å². The molecule has 22 heavy (non-hydrogen) atoms. The van der Waals surface area contributed by atoms with Crippen LogP contribution in [-0.2, 0) is 22.8 Å². The van der Waals surface area contributed by atoms with Crippen molar-refractivity contribution in [3.05, 3.63) is 60.4 Å². The molecule has 5 nitrogen and oxygen atoms in total. The standard InChI is InChI=1S/C16H17N3O2S/c1-18-12-17-15-10-14(8-9-16(15)18)19(2)22(20,21)11-13-6-4-3-5-7-13/h3-10,12H,11H2,1-2H3. The Kier molecular flexibility index (Phi) is 3.62. The molecule has 0 saturated carbocycles. The number of aryl methyl sites for hydroxylation is 1. The van der Waals surface area contributed by atoms with Crippen molar-refractivity contribution in [1.82, 2.24) is 9.55 Å². The molecular formula is C16H17N3O2S. The Morgan fingerprint density at radius 2 is 1.86 bits per heavy atom. The second-order valence-corrected chi connectivity index (χ2v) is 7.24. The van der Waals surface area contributed by atoms with Crippen molar-refractivity contribution in [2.75, 3.05) is 11.4 Å². The molecule has 0 aliphatic heterocycles. The molecule has 0 aliphatic rings. The van der Waals surface area contributed by atoms with Gasteiger partial charge >= 0.3 is 0 Å². The van der Waals surface area contributed by atoms with Crippen molar-refractivity contribution in [3.63, 3.8) is 0 Å². The number of hydrogen-bond acceptors (Lipinski definition) is 3. The van der Waals surface area contributed by atoms with E-state index < -0.39 is 10.0 Å². The minimum Gasteiger partial charge on any atom is -0.334 e. The number of anilines is 1. The van der Waals surface area contributed by atoms with Gasteiger partial charge in [-0.25, -0.2) is 13.4 Å². The van der Waals surface area contributed by atoms with Crippen molar-refractivity contribution < 1.29 is 8.42 Å². The van der Waals surface area contributed by atoms with Gasteiger partial charge in [-0.2, -0.15) is 0 Å². The number of nitrogens with zero attached hydrogens (tertiary/aromatic N) is 3. The van der Waals surface area contributed by atoms with Gasteiger partial charge in [0.2, 0.25) is 10.0 Å². The van der Waals surface area contributed by atoms with Gasteiger partial charge in [-0.1, -0.05) is 30.3 Å². The Balaban J connectivity index is 1.92. The van der Waals surface area contributed by atoms with Gasteiger partial charge in [-0.15, -0.1) is 0 Å². The summed E-state index contributed by atoms with van der Waals surface area (Å²) in [6.45, 7) is 0. The Morgan fingerprint density at radius 1 is 1.14 bits per heavy atom. The minimum absolute atomic E-state index is 0.0232. The first-order valence-electron chi connectivity index (χ1n) is 6.89. The lowest BCUT2D eigenvalue weighted by molar-refractivity contribution is 0.593. The first kappa shape index (κ1) is 14.6. The van der Waals surface area contributed by atoms with E-state index in [2.05, 4.69) is 4.98 Å². The fourth-order valence-electron chi connectivity index (χ4n) is 2.36. The molecule has 0 unspecified atom stereocenters. The van der Waals surface area contributed by atoms with Gasteiger partial charge < -0.3 is 4.57 Å². The molecule has 0 atom stereocenters. The number of hydrogen-bond donors (Lipinski definition) is 0. The van der Waals surface area contributed by atoms with Crippen molar-refractivity contribution >= 4 is 26.7 Å². The predicted octanol–water partition coefficient (Wildman–Crippen LogP) is 2.54. The van der Waals surface area contributed by atoms with Crippen LogP contribution in [0.25, 0.3) is 11.0 Å². The van der Waals surface area contributed by atoms with Crippen LogP contribution in [0.3, 0.4) is 0 Å². The van der Waals surface area contributed by atoms with Crippen LogP contribution in [0.2, 0.25) is 0 Å². The molecule has 1 aromatic heterocycles. The number of sulfonamides is 1. The summed E-state index contributed by atoms with van der Waals surface area (Å²) < 4.78 is 28.3. The van der Waals surface area contributed by atoms with E-state index >= 15 is 0 Å². The molecule has 0 amide bonds. The van der Waals surface area contributed by atoms with Gasteiger partial charge in [0.1, 0.15) is 0 Å². The highest BCUT2D eigenvalue weighted by molar-refractivity contribution is 7.92. The lowest BCUT2D eigenvalue weighted by Gasteiger charge is -2.19.